The predicted molar refractivity (Wildman–Crippen MR) is 130 cm³/mol. The highest BCUT2D eigenvalue weighted by atomic mass is 19.4. The Bertz CT molecular complexity index is 1590. The van der Waals surface area contributed by atoms with E-state index in [0.29, 0.717) is 46.8 Å². The summed E-state index contributed by atoms with van der Waals surface area (Å²) in [5, 5.41) is 17.0. The van der Waals surface area contributed by atoms with Crippen molar-refractivity contribution < 1.29 is 22.4 Å². The first-order chi connectivity index (χ1) is 18.2. The van der Waals surface area contributed by atoms with E-state index in [1.165, 1.54) is 4.90 Å². The van der Waals surface area contributed by atoms with Crippen LogP contribution in [0.5, 0.6) is 0 Å². The van der Waals surface area contributed by atoms with Crippen LogP contribution >= 0.6 is 0 Å². The number of aryl methyl sites for hydroxylation is 1. The summed E-state index contributed by atoms with van der Waals surface area (Å²) in [5.41, 5.74) is 0.672. The van der Waals surface area contributed by atoms with Crippen LogP contribution in [0.2, 0.25) is 0 Å². The van der Waals surface area contributed by atoms with Gasteiger partial charge < -0.3 is 10.2 Å². The zero-order valence-electron chi connectivity index (χ0n) is 19.9. The van der Waals surface area contributed by atoms with E-state index < -0.39 is 29.9 Å². The highest BCUT2D eigenvalue weighted by Crippen LogP contribution is 2.37. The first-order valence-electron chi connectivity index (χ1n) is 11.5. The summed E-state index contributed by atoms with van der Waals surface area (Å²) in [6.45, 7) is 0.212. The number of alkyl halides is 3. The molecule has 0 radical (unpaired) electrons. The number of halogens is 4. The highest BCUT2D eigenvalue weighted by Gasteiger charge is 2.36. The molecule has 0 saturated heterocycles. The van der Waals surface area contributed by atoms with E-state index in [4.69, 9.17) is 0 Å². The summed E-state index contributed by atoms with van der Waals surface area (Å²) in [4.78, 5) is 23.1. The number of hydrogen-bond donors (Lipinski definition) is 1. The fourth-order valence-electron chi connectivity index (χ4n) is 4.41. The van der Waals surface area contributed by atoms with Crippen molar-refractivity contribution in [1.29, 1.82) is 5.26 Å². The third-order valence-electron chi connectivity index (χ3n) is 6.22. The maximum absolute atomic E-state index is 14.5. The Morgan fingerprint density at radius 1 is 1.18 bits per heavy atom. The van der Waals surface area contributed by atoms with Crippen molar-refractivity contribution >= 4 is 23.4 Å². The molecule has 0 unspecified atom stereocenters. The smallest absolute Gasteiger partial charge is 0.310 e. The van der Waals surface area contributed by atoms with Gasteiger partial charge in [-0.15, -0.1) is 0 Å². The molecule has 2 aromatic carbocycles. The number of amides is 1. The molecule has 1 aliphatic rings. The minimum Gasteiger partial charge on any atom is -0.310 e. The van der Waals surface area contributed by atoms with Crippen molar-refractivity contribution in [3.05, 3.63) is 82.9 Å². The lowest BCUT2D eigenvalue weighted by Crippen LogP contribution is -2.31. The second-order valence-electron chi connectivity index (χ2n) is 8.62. The van der Waals surface area contributed by atoms with Crippen molar-refractivity contribution in [2.75, 3.05) is 16.8 Å². The molecule has 8 nitrogen and oxygen atoms in total. The second-order valence-corrected chi connectivity index (χ2v) is 8.62. The van der Waals surface area contributed by atoms with E-state index in [0.717, 1.165) is 12.1 Å². The molecule has 0 aliphatic carbocycles. The lowest BCUT2D eigenvalue weighted by molar-refractivity contribution is -0.140. The number of nitrogens with zero attached hydrogens (tertiary/aromatic N) is 6. The Morgan fingerprint density at radius 3 is 2.71 bits per heavy atom. The van der Waals surface area contributed by atoms with Crippen LogP contribution < -0.4 is 10.2 Å². The van der Waals surface area contributed by atoms with E-state index in [2.05, 4.69) is 26.5 Å². The first-order valence-corrected chi connectivity index (χ1v) is 11.5. The largest absolute Gasteiger partial charge is 0.419 e. The van der Waals surface area contributed by atoms with Gasteiger partial charge in [-0.1, -0.05) is 12.1 Å². The molecule has 0 fully saturated rings. The van der Waals surface area contributed by atoms with Crippen LogP contribution in [0.15, 0.2) is 54.9 Å². The first kappa shape index (κ1) is 24.9. The van der Waals surface area contributed by atoms with Crippen molar-refractivity contribution in [1.82, 2.24) is 19.7 Å². The Balaban J connectivity index is 1.43. The van der Waals surface area contributed by atoms with Gasteiger partial charge in [0, 0.05) is 31.4 Å². The van der Waals surface area contributed by atoms with Crippen LogP contribution in [-0.2, 0) is 30.9 Å². The lowest BCUT2D eigenvalue weighted by Gasteiger charge is -2.20. The van der Waals surface area contributed by atoms with Crippen LogP contribution in [0.1, 0.15) is 22.3 Å². The van der Waals surface area contributed by atoms with Gasteiger partial charge in [0.1, 0.15) is 17.7 Å². The molecule has 1 amide bonds. The van der Waals surface area contributed by atoms with Crippen LogP contribution in [0.4, 0.5) is 35.0 Å². The molecule has 0 atom stereocenters. The number of carbonyl (C=O) groups is 1. The predicted octanol–water partition coefficient (Wildman–Crippen LogP) is 4.78. The summed E-state index contributed by atoms with van der Waals surface area (Å²) >= 11 is 0. The van der Waals surface area contributed by atoms with Gasteiger partial charge in [-0.3, -0.25) is 9.48 Å². The number of nitriles is 1. The summed E-state index contributed by atoms with van der Waals surface area (Å²) in [7, 11) is 1.76. The molecule has 1 aliphatic heterocycles. The molecular weight excluding hydrogens is 502 g/mol. The fraction of sp³-hybridized carbons (Fsp3) is 0.192. The van der Waals surface area contributed by atoms with Gasteiger partial charge in [-0.25, -0.2) is 14.4 Å². The van der Waals surface area contributed by atoms with Gasteiger partial charge in [-0.05, 0) is 41.8 Å². The van der Waals surface area contributed by atoms with Gasteiger partial charge in [-0.2, -0.15) is 23.5 Å². The Kier molecular flexibility index (Phi) is 6.28. The zero-order valence-corrected chi connectivity index (χ0v) is 19.9. The summed E-state index contributed by atoms with van der Waals surface area (Å²) in [6.07, 6.45) is -1.83. The lowest BCUT2D eigenvalue weighted by atomic mass is 10.0. The molecule has 0 spiro atoms. The quantitative estimate of drug-likeness (QED) is 0.380. The molecule has 0 bridgehead atoms. The second kappa shape index (κ2) is 9.59. The van der Waals surface area contributed by atoms with E-state index >= 15 is 0 Å². The maximum atomic E-state index is 14.5. The number of fused-ring (bicyclic) bond motifs is 1. The minimum absolute atomic E-state index is 0.202. The molecule has 1 N–H and O–H groups in total. The SMILES string of the molecule is Cn1nccc1Nc1nccc(-c2cc(C#N)c3c(c2)CCN3C(=O)Cc2cccc(C(F)(F)F)c2F)n1. The van der Waals surface area contributed by atoms with E-state index in [9.17, 15) is 27.6 Å². The highest BCUT2D eigenvalue weighted by molar-refractivity contribution is 5.98. The van der Waals surface area contributed by atoms with Gasteiger partial charge in [0.2, 0.25) is 11.9 Å². The minimum atomic E-state index is -4.87. The third-order valence-corrected chi connectivity index (χ3v) is 6.22. The van der Waals surface area contributed by atoms with Gasteiger partial charge >= 0.3 is 6.18 Å². The maximum Gasteiger partial charge on any atom is 0.419 e. The van der Waals surface area contributed by atoms with Crippen LogP contribution in [0.3, 0.4) is 0 Å². The van der Waals surface area contributed by atoms with Gasteiger partial charge in [0.25, 0.3) is 0 Å². The van der Waals surface area contributed by atoms with E-state index in [1.54, 1.807) is 42.3 Å². The number of aromatic nitrogens is 4. The molecular formula is C26H19F4N7O. The molecule has 2 aromatic heterocycles. The van der Waals surface area contributed by atoms with Crippen LogP contribution in [0.25, 0.3) is 11.3 Å². The molecule has 38 heavy (non-hydrogen) atoms. The monoisotopic (exact) mass is 521 g/mol. The number of benzene rings is 2. The molecule has 4 aromatic rings. The number of carbonyl (C=O) groups excluding carboxylic acids is 1. The number of nitrogens with one attached hydrogen (secondary N) is 1. The van der Waals surface area contributed by atoms with Gasteiger partial charge in [0.15, 0.2) is 0 Å². The summed E-state index contributed by atoms with van der Waals surface area (Å²) in [6, 6.07) is 11.8. The molecule has 3 heterocycles. The number of rotatable bonds is 5. The molecule has 5 rings (SSSR count). The Labute approximate surface area is 214 Å². The fourth-order valence-corrected chi connectivity index (χ4v) is 4.41. The number of hydrogen-bond acceptors (Lipinski definition) is 6. The van der Waals surface area contributed by atoms with Crippen molar-refractivity contribution in [2.24, 2.45) is 7.05 Å². The Hall–Kier alpha value is -4.79. The standard InChI is InChI=1S/C26H19F4N7O/c1-36-21(6-9-33-36)35-25-32-8-5-20(34-25)17-11-16-7-10-37(24(16)18(12-17)14-31)22(38)13-15-3-2-4-19(23(15)27)26(28,29)30/h2-6,8-9,11-12H,7,10,13H2,1H3,(H,32,34,35). The van der Waals surface area contributed by atoms with Crippen LogP contribution in [0, 0.1) is 17.1 Å². The van der Waals surface area contributed by atoms with Gasteiger partial charge in [0.05, 0.1) is 35.1 Å². The molecule has 192 valence electrons. The normalized spacial score (nSPS) is 12.8. The van der Waals surface area contributed by atoms with Crippen molar-refractivity contribution in [2.45, 2.75) is 19.0 Å². The average Bonchev–Trinajstić information content (AvgIpc) is 3.50. The summed E-state index contributed by atoms with van der Waals surface area (Å²) < 4.78 is 55.4. The average molecular weight is 521 g/mol. The molecule has 0 saturated carbocycles. The van der Waals surface area contributed by atoms with E-state index in [-0.39, 0.29) is 17.7 Å². The van der Waals surface area contributed by atoms with E-state index in [1.807, 2.05) is 6.07 Å². The third kappa shape index (κ3) is 4.66. The topological polar surface area (TPSA) is 99.7 Å². The van der Waals surface area contributed by atoms with Crippen molar-refractivity contribution in [3.63, 3.8) is 0 Å². The zero-order chi connectivity index (χ0) is 27.0. The van der Waals surface area contributed by atoms with Crippen molar-refractivity contribution in [3.8, 4) is 17.3 Å². The Morgan fingerprint density at radius 2 is 2.00 bits per heavy atom. The summed E-state index contributed by atoms with van der Waals surface area (Å²) in [5.74, 6) is -1.07. The molecule has 12 heteroatoms. The van der Waals surface area contributed by atoms with Crippen LogP contribution in [-0.4, -0.2) is 32.2 Å². The number of anilines is 3.